The number of ether oxygens (including phenoxy) is 1. The number of nitrogens with one attached hydrogen (secondary N) is 1. The molecule has 1 aromatic carbocycles. The van der Waals surface area contributed by atoms with Crippen molar-refractivity contribution in [3.8, 4) is 5.75 Å². The number of rotatable bonds is 4. The quantitative estimate of drug-likeness (QED) is 0.935. The van der Waals surface area contributed by atoms with Gasteiger partial charge < -0.3 is 10.1 Å². The van der Waals surface area contributed by atoms with Crippen molar-refractivity contribution in [3.63, 3.8) is 0 Å². The van der Waals surface area contributed by atoms with E-state index < -0.39 is 6.10 Å². The Kier molecular flexibility index (Phi) is 4.81. The third-order valence-electron chi connectivity index (χ3n) is 3.02. The molecule has 1 aromatic heterocycles. The second-order valence-electron chi connectivity index (χ2n) is 4.86. The number of pyridine rings is 1. The fraction of sp³-hybridized carbons (Fsp3) is 0.250. The number of benzene rings is 1. The zero-order valence-electron chi connectivity index (χ0n) is 12.2. The second kappa shape index (κ2) is 6.59. The van der Waals surface area contributed by atoms with E-state index in [9.17, 15) is 4.79 Å². The molecular weight excluding hydrogens is 288 g/mol. The molecule has 0 bridgehead atoms. The smallest absolute Gasteiger partial charge is 0.265 e. The Morgan fingerprint density at radius 1 is 1.33 bits per heavy atom. The lowest BCUT2D eigenvalue weighted by Crippen LogP contribution is -2.30. The van der Waals surface area contributed by atoms with Crippen LogP contribution in [0.5, 0.6) is 5.75 Å². The summed E-state index contributed by atoms with van der Waals surface area (Å²) in [5.74, 6) is 0.400. The number of halogens is 1. The fourth-order valence-electron chi connectivity index (χ4n) is 1.91. The van der Waals surface area contributed by atoms with Gasteiger partial charge in [-0.05, 0) is 56.2 Å². The highest BCUT2D eigenvalue weighted by molar-refractivity contribution is 6.32. The summed E-state index contributed by atoms with van der Waals surface area (Å²) in [4.78, 5) is 16.0. The molecule has 1 atom stereocenters. The minimum absolute atomic E-state index is 0.228. The topological polar surface area (TPSA) is 51.2 Å². The summed E-state index contributed by atoms with van der Waals surface area (Å²) >= 11 is 6.11. The number of hydrogen-bond acceptors (Lipinski definition) is 3. The van der Waals surface area contributed by atoms with E-state index in [0.717, 1.165) is 16.1 Å². The van der Waals surface area contributed by atoms with Crippen LogP contribution in [0.15, 0.2) is 36.7 Å². The molecule has 4 nitrogen and oxygen atoms in total. The van der Waals surface area contributed by atoms with Crippen LogP contribution in [0.4, 0.5) is 5.69 Å². The molecule has 21 heavy (non-hydrogen) atoms. The van der Waals surface area contributed by atoms with Crippen LogP contribution in [-0.2, 0) is 4.79 Å². The third-order valence-corrected chi connectivity index (χ3v) is 3.62. The van der Waals surface area contributed by atoms with Crippen LogP contribution < -0.4 is 10.1 Å². The van der Waals surface area contributed by atoms with Gasteiger partial charge in [0, 0.05) is 11.2 Å². The van der Waals surface area contributed by atoms with Crippen molar-refractivity contribution in [2.24, 2.45) is 0 Å². The van der Waals surface area contributed by atoms with Gasteiger partial charge in [0.2, 0.25) is 0 Å². The van der Waals surface area contributed by atoms with Crippen LogP contribution >= 0.6 is 11.6 Å². The Balaban J connectivity index is 2.04. The number of anilines is 1. The summed E-state index contributed by atoms with van der Waals surface area (Å²) in [5, 5.41) is 3.47. The van der Waals surface area contributed by atoms with Gasteiger partial charge in [0.25, 0.3) is 5.91 Å². The standard InChI is InChI=1S/C16H17ClN2O2/c1-10-7-14(8-11(2)15(10)17)21-12(3)16(20)19-13-5-4-6-18-9-13/h4-9,12H,1-3H3,(H,19,20)/t12-/m0/s1. The SMILES string of the molecule is Cc1cc(O[C@@H](C)C(=O)Nc2cccnc2)cc(C)c1Cl. The third kappa shape index (κ3) is 3.95. The van der Waals surface area contributed by atoms with E-state index in [1.165, 1.54) is 0 Å². The van der Waals surface area contributed by atoms with Gasteiger partial charge in [-0.25, -0.2) is 0 Å². The van der Waals surface area contributed by atoms with Crippen LogP contribution in [0.3, 0.4) is 0 Å². The number of carbonyl (C=O) groups excluding carboxylic acids is 1. The molecule has 5 heteroatoms. The average molecular weight is 305 g/mol. The molecule has 2 aromatic rings. The molecular formula is C16H17ClN2O2. The van der Waals surface area contributed by atoms with Gasteiger partial charge in [-0.2, -0.15) is 0 Å². The highest BCUT2D eigenvalue weighted by atomic mass is 35.5. The first kappa shape index (κ1) is 15.3. The lowest BCUT2D eigenvalue weighted by atomic mass is 10.1. The predicted octanol–water partition coefficient (Wildman–Crippen LogP) is 3.76. The maximum atomic E-state index is 12.1. The molecule has 0 aliphatic carbocycles. The Morgan fingerprint density at radius 2 is 2.00 bits per heavy atom. The maximum absolute atomic E-state index is 12.1. The summed E-state index contributed by atoms with van der Waals surface area (Å²) in [6.07, 6.45) is 2.61. The molecule has 0 saturated carbocycles. The lowest BCUT2D eigenvalue weighted by molar-refractivity contribution is -0.122. The Bertz CT molecular complexity index is 621. The van der Waals surface area contributed by atoms with Crippen LogP contribution in [0.2, 0.25) is 5.02 Å². The van der Waals surface area contributed by atoms with Crippen LogP contribution in [0.1, 0.15) is 18.1 Å². The van der Waals surface area contributed by atoms with E-state index >= 15 is 0 Å². The summed E-state index contributed by atoms with van der Waals surface area (Å²) in [6, 6.07) is 7.17. The summed E-state index contributed by atoms with van der Waals surface area (Å²) in [6.45, 7) is 5.51. The van der Waals surface area contributed by atoms with E-state index in [0.29, 0.717) is 11.4 Å². The zero-order chi connectivity index (χ0) is 15.4. The van der Waals surface area contributed by atoms with Gasteiger partial charge >= 0.3 is 0 Å². The average Bonchev–Trinajstić information content (AvgIpc) is 2.45. The molecule has 0 spiro atoms. The number of aryl methyl sites for hydroxylation is 2. The Morgan fingerprint density at radius 3 is 2.57 bits per heavy atom. The van der Waals surface area contributed by atoms with Crippen LogP contribution in [0.25, 0.3) is 0 Å². The molecule has 1 heterocycles. The monoisotopic (exact) mass is 304 g/mol. The molecule has 0 aliphatic rings. The van der Waals surface area contributed by atoms with E-state index in [1.54, 1.807) is 31.5 Å². The minimum Gasteiger partial charge on any atom is -0.481 e. The first-order valence-corrected chi connectivity index (χ1v) is 6.99. The van der Waals surface area contributed by atoms with Crippen molar-refractivity contribution in [1.29, 1.82) is 0 Å². The number of aromatic nitrogens is 1. The van der Waals surface area contributed by atoms with Gasteiger partial charge in [-0.1, -0.05) is 11.6 Å². The van der Waals surface area contributed by atoms with Crippen molar-refractivity contribution in [2.45, 2.75) is 26.9 Å². The van der Waals surface area contributed by atoms with Gasteiger partial charge in [0.1, 0.15) is 5.75 Å². The van der Waals surface area contributed by atoms with Crippen molar-refractivity contribution in [3.05, 3.63) is 52.8 Å². The van der Waals surface area contributed by atoms with E-state index in [2.05, 4.69) is 10.3 Å². The molecule has 0 unspecified atom stereocenters. The summed E-state index contributed by atoms with van der Waals surface area (Å²) in [5.41, 5.74) is 2.49. The molecule has 0 aliphatic heterocycles. The molecule has 110 valence electrons. The van der Waals surface area contributed by atoms with E-state index in [4.69, 9.17) is 16.3 Å². The number of hydrogen-bond donors (Lipinski definition) is 1. The lowest BCUT2D eigenvalue weighted by Gasteiger charge is -2.16. The second-order valence-corrected chi connectivity index (χ2v) is 5.24. The van der Waals surface area contributed by atoms with Gasteiger partial charge in [0.05, 0.1) is 11.9 Å². The van der Waals surface area contributed by atoms with Crippen molar-refractivity contribution >= 4 is 23.2 Å². The van der Waals surface area contributed by atoms with E-state index in [1.807, 2.05) is 26.0 Å². The van der Waals surface area contributed by atoms with Gasteiger partial charge in [0.15, 0.2) is 6.10 Å². The number of nitrogens with zero attached hydrogens (tertiary/aromatic N) is 1. The fourth-order valence-corrected chi connectivity index (χ4v) is 2.02. The molecule has 0 fully saturated rings. The van der Waals surface area contributed by atoms with Crippen molar-refractivity contribution < 1.29 is 9.53 Å². The number of carbonyl (C=O) groups is 1. The first-order chi connectivity index (χ1) is 9.97. The molecule has 1 amide bonds. The molecule has 0 saturated heterocycles. The largest absolute Gasteiger partial charge is 0.481 e. The normalized spacial score (nSPS) is 11.8. The van der Waals surface area contributed by atoms with Crippen LogP contribution in [-0.4, -0.2) is 17.0 Å². The molecule has 1 N–H and O–H groups in total. The Labute approximate surface area is 129 Å². The Hall–Kier alpha value is -2.07. The molecule has 0 radical (unpaired) electrons. The van der Waals surface area contributed by atoms with Crippen molar-refractivity contribution in [2.75, 3.05) is 5.32 Å². The van der Waals surface area contributed by atoms with Gasteiger partial charge in [-0.3, -0.25) is 9.78 Å². The number of amides is 1. The summed E-state index contributed by atoms with van der Waals surface area (Å²) in [7, 11) is 0. The summed E-state index contributed by atoms with van der Waals surface area (Å²) < 4.78 is 5.67. The highest BCUT2D eigenvalue weighted by Crippen LogP contribution is 2.26. The molecule has 2 rings (SSSR count). The first-order valence-electron chi connectivity index (χ1n) is 6.61. The van der Waals surface area contributed by atoms with Crippen molar-refractivity contribution in [1.82, 2.24) is 4.98 Å². The maximum Gasteiger partial charge on any atom is 0.265 e. The van der Waals surface area contributed by atoms with Gasteiger partial charge in [-0.15, -0.1) is 0 Å². The zero-order valence-corrected chi connectivity index (χ0v) is 12.9. The predicted molar refractivity (Wildman–Crippen MR) is 83.9 cm³/mol. The minimum atomic E-state index is -0.620. The van der Waals surface area contributed by atoms with E-state index in [-0.39, 0.29) is 5.91 Å². The highest BCUT2D eigenvalue weighted by Gasteiger charge is 2.15. The van der Waals surface area contributed by atoms with Crippen LogP contribution in [0, 0.1) is 13.8 Å².